The normalized spacial score (nSPS) is 31.9. The molecule has 17 heavy (non-hydrogen) atoms. The van der Waals surface area contributed by atoms with Crippen LogP contribution < -0.4 is 15.5 Å². The number of nitrogens with one attached hydrogen (secondary N) is 3. The van der Waals surface area contributed by atoms with Crippen LogP contribution in [0.3, 0.4) is 0 Å². The summed E-state index contributed by atoms with van der Waals surface area (Å²) in [6.45, 7) is 2.99. The van der Waals surface area contributed by atoms with Gasteiger partial charge in [-0.05, 0) is 31.2 Å². The first-order chi connectivity index (χ1) is 8.33. The van der Waals surface area contributed by atoms with E-state index in [1.807, 2.05) is 5.38 Å². The van der Waals surface area contributed by atoms with Crippen LogP contribution in [0.4, 0.5) is 0 Å². The van der Waals surface area contributed by atoms with Crippen LogP contribution in [0.1, 0.15) is 25.0 Å². The molecule has 2 aliphatic rings. The molecule has 2 heterocycles. The van der Waals surface area contributed by atoms with Gasteiger partial charge in [-0.3, -0.25) is 4.79 Å². The molecule has 0 radical (unpaired) electrons. The number of aromatic amines is 1. The van der Waals surface area contributed by atoms with Crippen LogP contribution in [0.5, 0.6) is 0 Å². The highest BCUT2D eigenvalue weighted by atomic mass is 32.1. The predicted octanol–water partition coefficient (Wildman–Crippen LogP) is 0.914. The number of thiazole rings is 1. The van der Waals surface area contributed by atoms with Crippen LogP contribution in [0.15, 0.2) is 10.2 Å². The van der Waals surface area contributed by atoms with Crippen LogP contribution in [-0.4, -0.2) is 24.1 Å². The summed E-state index contributed by atoms with van der Waals surface area (Å²) in [6, 6.07) is 0.632. The van der Waals surface area contributed by atoms with E-state index in [-0.39, 0.29) is 4.87 Å². The maximum Gasteiger partial charge on any atom is 0.304 e. The fourth-order valence-electron chi connectivity index (χ4n) is 3.29. The summed E-state index contributed by atoms with van der Waals surface area (Å²) in [7, 11) is 0. The lowest BCUT2D eigenvalue weighted by Gasteiger charge is -2.18. The zero-order chi connectivity index (χ0) is 11.7. The van der Waals surface area contributed by atoms with Crippen molar-refractivity contribution in [1.82, 2.24) is 15.6 Å². The standard InChI is InChI=1S/C12H19N3OS/c16-12-15-9(7-17-12)5-13-6-11-10-3-1-2-8(10)4-14-11/h7-8,10-11,13-14H,1-6H2,(H,15,16). The van der Waals surface area contributed by atoms with Crippen molar-refractivity contribution in [3.8, 4) is 0 Å². The Labute approximate surface area is 105 Å². The van der Waals surface area contributed by atoms with Gasteiger partial charge in [-0.15, -0.1) is 0 Å². The van der Waals surface area contributed by atoms with Gasteiger partial charge in [-0.1, -0.05) is 17.8 Å². The minimum atomic E-state index is 0.0386. The van der Waals surface area contributed by atoms with Crippen molar-refractivity contribution in [1.29, 1.82) is 0 Å². The monoisotopic (exact) mass is 253 g/mol. The summed E-state index contributed by atoms with van der Waals surface area (Å²) in [4.78, 5) is 13.8. The molecule has 4 nitrogen and oxygen atoms in total. The van der Waals surface area contributed by atoms with Crippen LogP contribution in [0.25, 0.3) is 0 Å². The number of hydrogen-bond acceptors (Lipinski definition) is 4. The van der Waals surface area contributed by atoms with Gasteiger partial charge in [0, 0.05) is 30.2 Å². The van der Waals surface area contributed by atoms with E-state index in [2.05, 4.69) is 15.6 Å². The van der Waals surface area contributed by atoms with Crippen molar-refractivity contribution in [2.45, 2.75) is 31.8 Å². The Balaban J connectivity index is 1.47. The van der Waals surface area contributed by atoms with Crippen molar-refractivity contribution in [3.05, 3.63) is 20.7 Å². The van der Waals surface area contributed by atoms with E-state index in [1.54, 1.807) is 0 Å². The van der Waals surface area contributed by atoms with E-state index in [1.165, 1.54) is 37.1 Å². The molecule has 5 heteroatoms. The molecule has 1 aromatic heterocycles. The maximum atomic E-state index is 11.0. The molecular formula is C12H19N3OS. The molecule has 2 fully saturated rings. The quantitative estimate of drug-likeness (QED) is 0.748. The van der Waals surface area contributed by atoms with Gasteiger partial charge in [-0.25, -0.2) is 0 Å². The summed E-state index contributed by atoms with van der Waals surface area (Å²) in [5, 5.41) is 8.96. The molecule has 3 atom stereocenters. The average molecular weight is 253 g/mol. The number of fused-ring (bicyclic) bond motifs is 1. The minimum Gasteiger partial charge on any atom is -0.315 e. The topological polar surface area (TPSA) is 56.9 Å². The first kappa shape index (κ1) is 11.4. The fourth-order valence-corrected chi connectivity index (χ4v) is 3.87. The molecular weight excluding hydrogens is 234 g/mol. The van der Waals surface area contributed by atoms with Gasteiger partial charge >= 0.3 is 4.87 Å². The van der Waals surface area contributed by atoms with E-state index in [4.69, 9.17) is 0 Å². The SMILES string of the molecule is O=c1[nH]c(CNCC2NCC3CCCC32)cs1. The second-order valence-electron chi connectivity index (χ2n) is 5.17. The molecule has 0 amide bonds. The van der Waals surface area contributed by atoms with Gasteiger partial charge in [0.15, 0.2) is 0 Å². The third-order valence-corrected chi connectivity index (χ3v) is 4.85. The molecule has 3 N–H and O–H groups in total. The zero-order valence-corrected chi connectivity index (χ0v) is 10.7. The highest BCUT2D eigenvalue weighted by Gasteiger charge is 2.38. The third kappa shape index (κ3) is 2.46. The summed E-state index contributed by atoms with van der Waals surface area (Å²) in [5.74, 6) is 1.80. The molecule has 1 aliphatic heterocycles. The van der Waals surface area contributed by atoms with E-state index < -0.39 is 0 Å². The van der Waals surface area contributed by atoms with Gasteiger partial charge in [0.2, 0.25) is 0 Å². The Hall–Kier alpha value is -0.650. The third-order valence-electron chi connectivity index (χ3n) is 4.13. The van der Waals surface area contributed by atoms with Gasteiger partial charge in [0.25, 0.3) is 0 Å². The van der Waals surface area contributed by atoms with Gasteiger partial charge in [0.05, 0.1) is 0 Å². The molecule has 3 unspecified atom stereocenters. The van der Waals surface area contributed by atoms with E-state index in [0.717, 1.165) is 30.6 Å². The Morgan fingerprint density at radius 2 is 2.41 bits per heavy atom. The Kier molecular flexibility index (Phi) is 3.31. The van der Waals surface area contributed by atoms with Crippen LogP contribution >= 0.6 is 11.3 Å². The summed E-state index contributed by atoms with van der Waals surface area (Å²) < 4.78 is 0. The lowest BCUT2D eigenvalue weighted by atomic mass is 9.94. The van der Waals surface area contributed by atoms with Gasteiger partial charge in [-0.2, -0.15) is 0 Å². The Morgan fingerprint density at radius 1 is 1.47 bits per heavy atom. The second-order valence-corrected chi connectivity index (χ2v) is 6.02. The van der Waals surface area contributed by atoms with Gasteiger partial charge in [0.1, 0.15) is 0 Å². The molecule has 1 saturated heterocycles. The van der Waals surface area contributed by atoms with E-state index in [9.17, 15) is 4.79 Å². The lowest BCUT2D eigenvalue weighted by molar-refractivity contribution is 0.393. The van der Waals surface area contributed by atoms with Crippen molar-refractivity contribution in [2.24, 2.45) is 11.8 Å². The Morgan fingerprint density at radius 3 is 3.24 bits per heavy atom. The summed E-state index contributed by atoms with van der Waals surface area (Å²) in [6.07, 6.45) is 4.21. The number of hydrogen-bond donors (Lipinski definition) is 3. The molecule has 0 aromatic carbocycles. The van der Waals surface area contributed by atoms with Crippen molar-refractivity contribution >= 4 is 11.3 Å². The molecule has 0 bridgehead atoms. The summed E-state index contributed by atoms with van der Waals surface area (Å²) in [5.41, 5.74) is 1.00. The molecule has 1 aromatic rings. The highest BCUT2D eigenvalue weighted by Crippen LogP contribution is 2.37. The van der Waals surface area contributed by atoms with Crippen LogP contribution in [-0.2, 0) is 6.54 Å². The smallest absolute Gasteiger partial charge is 0.304 e. The number of H-pyrrole nitrogens is 1. The predicted molar refractivity (Wildman–Crippen MR) is 69.3 cm³/mol. The zero-order valence-electron chi connectivity index (χ0n) is 9.87. The van der Waals surface area contributed by atoms with E-state index >= 15 is 0 Å². The lowest BCUT2D eigenvalue weighted by Crippen LogP contribution is -2.37. The average Bonchev–Trinajstić information content (AvgIpc) is 2.97. The van der Waals surface area contributed by atoms with Crippen LogP contribution in [0, 0.1) is 11.8 Å². The Bertz CT molecular complexity index is 427. The number of aromatic nitrogens is 1. The van der Waals surface area contributed by atoms with E-state index in [0.29, 0.717) is 6.04 Å². The molecule has 1 aliphatic carbocycles. The molecule has 3 rings (SSSR count). The first-order valence-electron chi connectivity index (χ1n) is 6.44. The second kappa shape index (κ2) is 4.92. The minimum absolute atomic E-state index is 0.0386. The van der Waals surface area contributed by atoms with Crippen molar-refractivity contribution in [2.75, 3.05) is 13.1 Å². The van der Waals surface area contributed by atoms with Crippen molar-refractivity contribution < 1.29 is 0 Å². The van der Waals surface area contributed by atoms with Crippen molar-refractivity contribution in [3.63, 3.8) is 0 Å². The first-order valence-corrected chi connectivity index (χ1v) is 7.31. The fraction of sp³-hybridized carbons (Fsp3) is 0.750. The number of rotatable bonds is 4. The van der Waals surface area contributed by atoms with Crippen LogP contribution in [0.2, 0.25) is 0 Å². The summed E-state index contributed by atoms with van der Waals surface area (Å²) >= 11 is 1.24. The molecule has 1 saturated carbocycles. The maximum absolute atomic E-state index is 11.0. The highest BCUT2D eigenvalue weighted by molar-refractivity contribution is 7.07. The van der Waals surface area contributed by atoms with Gasteiger partial charge < -0.3 is 15.6 Å². The molecule has 94 valence electrons. The molecule has 0 spiro atoms. The largest absolute Gasteiger partial charge is 0.315 e.